The molecule has 0 aliphatic rings. The molecule has 4 rings (SSSR count). The van der Waals surface area contributed by atoms with Crippen LogP contribution in [-0.4, -0.2) is 14.6 Å². The largest absolute Gasteiger partial charge is 0.276 e. The summed E-state index contributed by atoms with van der Waals surface area (Å²) in [6, 6.07) is 19.4. The summed E-state index contributed by atoms with van der Waals surface area (Å²) >= 11 is 1.36. The Labute approximate surface area is 130 Å². The third-order valence-corrected chi connectivity index (χ3v) is 4.34. The molecule has 22 heavy (non-hydrogen) atoms. The molecule has 0 unspecified atom stereocenters. The lowest BCUT2D eigenvalue weighted by Gasteiger charge is -1.94. The number of aromatic nitrogens is 3. The van der Waals surface area contributed by atoms with E-state index in [-0.39, 0.29) is 5.56 Å². The normalized spacial score (nSPS) is 12.1. The maximum Gasteiger partial charge on any atom is 0.276 e. The average Bonchev–Trinajstić information content (AvgIpc) is 3.11. The molecule has 0 aliphatic carbocycles. The van der Waals surface area contributed by atoms with Gasteiger partial charge in [-0.3, -0.25) is 4.79 Å². The first-order chi connectivity index (χ1) is 10.8. The smallest absolute Gasteiger partial charge is 0.267 e. The van der Waals surface area contributed by atoms with E-state index >= 15 is 0 Å². The highest BCUT2D eigenvalue weighted by Crippen LogP contribution is 2.17. The monoisotopic (exact) mass is 305 g/mol. The quantitative estimate of drug-likeness (QED) is 0.571. The Morgan fingerprint density at radius 3 is 2.32 bits per heavy atom. The van der Waals surface area contributed by atoms with E-state index in [4.69, 9.17) is 0 Å². The molecule has 4 nitrogen and oxygen atoms in total. The highest BCUT2D eigenvalue weighted by atomic mass is 32.1. The van der Waals surface area contributed by atoms with Crippen LogP contribution in [0.3, 0.4) is 0 Å². The molecule has 0 saturated carbocycles. The second-order valence-electron chi connectivity index (χ2n) is 4.83. The molecule has 2 heterocycles. The van der Waals surface area contributed by atoms with Crippen LogP contribution in [0.15, 0.2) is 65.5 Å². The Balaban J connectivity index is 1.95. The zero-order chi connectivity index (χ0) is 14.9. The predicted molar refractivity (Wildman–Crippen MR) is 87.8 cm³/mol. The van der Waals surface area contributed by atoms with E-state index in [1.165, 1.54) is 11.3 Å². The Kier molecular flexibility index (Phi) is 3.05. The summed E-state index contributed by atoms with van der Waals surface area (Å²) < 4.78 is 2.24. The maximum atomic E-state index is 12.7. The van der Waals surface area contributed by atoms with Crippen LogP contribution in [0.4, 0.5) is 0 Å². The first-order valence-electron chi connectivity index (χ1n) is 6.83. The topological polar surface area (TPSA) is 47.3 Å². The van der Waals surface area contributed by atoms with Gasteiger partial charge in [0.2, 0.25) is 4.96 Å². The molecule has 0 bridgehead atoms. The van der Waals surface area contributed by atoms with Gasteiger partial charge in [-0.2, -0.15) is 0 Å². The van der Waals surface area contributed by atoms with Crippen molar-refractivity contribution in [2.24, 2.45) is 0 Å². The van der Waals surface area contributed by atoms with Gasteiger partial charge in [0.25, 0.3) is 5.56 Å². The van der Waals surface area contributed by atoms with Crippen molar-refractivity contribution in [2.75, 3.05) is 0 Å². The Bertz CT molecular complexity index is 1040. The molecule has 0 saturated heterocycles. The van der Waals surface area contributed by atoms with Gasteiger partial charge >= 0.3 is 0 Å². The Morgan fingerprint density at radius 1 is 0.909 bits per heavy atom. The van der Waals surface area contributed by atoms with E-state index in [1.807, 2.05) is 66.7 Å². The molecule has 0 fully saturated rings. The van der Waals surface area contributed by atoms with Crippen LogP contribution in [0, 0.1) is 0 Å². The molecule has 2 aromatic heterocycles. The molecule has 0 aliphatic heterocycles. The molecular weight excluding hydrogens is 294 g/mol. The molecule has 0 radical (unpaired) electrons. The highest BCUT2D eigenvalue weighted by Gasteiger charge is 2.13. The number of benzene rings is 2. The number of hydrogen-bond donors (Lipinski definition) is 0. The SMILES string of the molecule is O=c1/c(=C/c2ccccc2)sc2nnc(-c3ccccc3)n12. The number of nitrogens with zero attached hydrogens (tertiary/aromatic N) is 3. The van der Waals surface area contributed by atoms with Crippen molar-refractivity contribution in [3.05, 3.63) is 81.1 Å². The van der Waals surface area contributed by atoms with Crippen LogP contribution in [-0.2, 0) is 0 Å². The summed E-state index contributed by atoms with van der Waals surface area (Å²) in [4.78, 5) is 13.3. The lowest BCUT2D eigenvalue weighted by molar-refractivity contribution is 1.09. The van der Waals surface area contributed by atoms with Crippen molar-refractivity contribution in [3.8, 4) is 11.4 Å². The van der Waals surface area contributed by atoms with Gasteiger partial charge in [-0.25, -0.2) is 4.40 Å². The second-order valence-corrected chi connectivity index (χ2v) is 5.84. The lowest BCUT2D eigenvalue weighted by atomic mass is 10.2. The van der Waals surface area contributed by atoms with Crippen molar-refractivity contribution in [1.29, 1.82) is 0 Å². The van der Waals surface area contributed by atoms with Crippen molar-refractivity contribution >= 4 is 22.4 Å². The van der Waals surface area contributed by atoms with Crippen LogP contribution in [0.5, 0.6) is 0 Å². The van der Waals surface area contributed by atoms with Crippen molar-refractivity contribution in [1.82, 2.24) is 14.6 Å². The van der Waals surface area contributed by atoms with Crippen LogP contribution < -0.4 is 10.1 Å². The molecular formula is C17H11N3OS. The summed E-state index contributed by atoms with van der Waals surface area (Å²) in [7, 11) is 0. The molecule has 2 aromatic carbocycles. The third-order valence-electron chi connectivity index (χ3n) is 3.38. The third kappa shape index (κ3) is 2.12. The van der Waals surface area contributed by atoms with E-state index in [1.54, 1.807) is 4.40 Å². The number of fused-ring (bicyclic) bond motifs is 1. The number of rotatable bonds is 2. The van der Waals surface area contributed by atoms with Gasteiger partial charge < -0.3 is 0 Å². The Hall–Kier alpha value is -2.79. The minimum atomic E-state index is -0.0762. The summed E-state index contributed by atoms with van der Waals surface area (Å²) in [6.45, 7) is 0. The molecule has 0 amide bonds. The number of hydrogen-bond acceptors (Lipinski definition) is 4. The van der Waals surface area contributed by atoms with Gasteiger partial charge in [0.15, 0.2) is 5.82 Å². The molecule has 0 N–H and O–H groups in total. The van der Waals surface area contributed by atoms with Gasteiger partial charge in [-0.05, 0) is 11.6 Å². The van der Waals surface area contributed by atoms with E-state index < -0.39 is 0 Å². The van der Waals surface area contributed by atoms with Gasteiger partial charge in [-0.1, -0.05) is 72.0 Å². The average molecular weight is 305 g/mol. The number of thiazole rings is 1. The van der Waals surface area contributed by atoms with E-state index in [0.717, 1.165) is 11.1 Å². The summed E-state index contributed by atoms with van der Waals surface area (Å²) in [6.07, 6.45) is 1.89. The zero-order valence-electron chi connectivity index (χ0n) is 11.5. The molecule has 5 heteroatoms. The van der Waals surface area contributed by atoms with E-state index in [0.29, 0.717) is 15.3 Å². The standard InChI is InChI=1S/C17H11N3OS/c21-16-14(11-12-7-3-1-4-8-12)22-17-19-18-15(20(16)17)13-9-5-2-6-10-13/h1-11H/b14-11-. The first kappa shape index (κ1) is 12.9. The van der Waals surface area contributed by atoms with E-state index in [9.17, 15) is 4.79 Å². The van der Waals surface area contributed by atoms with Crippen LogP contribution in [0.1, 0.15) is 5.56 Å². The minimum absolute atomic E-state index is 0.0762. The fourth-order valence-electron chi connectivity index (χ4n) is 2.34. The van der Waals surface area contributed by atoms with Crippen LogP contribution in [0.2, 0.25) is 0 Å². The zero-order valence-corrected chi connectivity index (χ0v) is 12.3. The summed E-state index contributed by atoms with van der Waals surface area (Å²) in [5.41, 5.74) is 1.81. The Morgan fingerprint density at radius 2 is 1.59 bits per heavy atom. The van der Waals surface area contributed by atoms with Gasteiger partial charge in [0.1, 0.15) is 0 Å². The molecule has 106 valence electrons. The highest BCUT2D eigenvalue weighted by molar-refractivity contribution is 7.15. The molecule has 0 spiro atoms. The predicted octanol–water partition coefficient (Wildman–Crippen LogP) is 2.37. The van der Waals surface area contributed by atoms with Crippen molar-refractivity contribution < 1.29 is 0 Å². The van der Waals surface area contributed by atoms with Gasteiger partial charge in [-0.15, -0.1) is 10.2 Å². The molecule has 0 atom stereocenters. The lowest BCUT2D eigenvalue weighted by Crippen LogP contribution is -2.23. The van der Waals surface area contributed by atoms with Gasteiger partial charge in [0, 0.05) is 5.56 Å². The van der Waals surface area contributed by atoms with Crippen LogP contribution >= 0.6 is 11.3 Å². The maximum absolute atomic E-state index is 12.7. The van der Waals surface area contributed by atoms with Crippen molar-refractivity contribution in [2.45, 2.75) is 0 Å². The fraction of sp³-hybridized carbons (Fsp3) is 0. The fourth-order valence-corrected chi connectivity index (χ4v) is 3.25. The first-order valence-corrected chi connectivity index (χ1v) is 7.65. The second kappa shape index (κ2) is 5.20. The molecule has 4 aromatic rings. The van der Waals surface area contributed by atoms with Gasteiger partial charge in [0.05, 0.1) is 4.53 Å². The minimum Gasteiger partial charge on any atom is -0.267 e. The summed E-state index contributed by atoms with van der Waals surface area (Å²) in [5, 5.41) is 8.27. The summed E-state index contributed by atoms with van der Waals surface area (Å²) in [5.74, 6) is 0.588. The van der Waals surface area contributed by atoms with E-state index in [2.05, 4.69) is 10.2 Å². The van der Waals surface area contributed by atoms with Crippen LogP contribution in [0.25, 0.3) is 22.4 Å². The van der Waals surface area contributed by atoms with Crippen molar-refractivity contribution in [3.63, 3.8) is 0 Å².